The third-order valence-electron chi connectivity index (χ3n) is 10.3. The molecule has 7 atom stereocenters. The Balaban J connectivity index is 1.23. The number of nitrogens with one attached hydrogen (secondary N) is 2. The normalized spacial score (nSPS) is 39.8. The fraction of sp³-hybridized carbons (Fsp3) is 0.571. The molecule has 1 aromatic carbocycles. The Bertz CT molecular complexity index is 1150. The molecule has 2 unspecified atom stereocenters. The van der Waals surface area contributed by atoms with Crippen molar-refractivity contribution in [1.82, 2.24) is 9.88 Å². The first-order valence-electron chi connectivity index (χ1n) is 12.7. The van der Waals surface area contributed by atoms with Crippen LogP contribution < -0.4 is 5.32 Å². The van der Waals surface area contributed by atoms with Crippen molar-refractivity contribution in [3.8, 4) is 0 Å². The molecule has 0 spiro atoms. The minimum absolute atomic E-state index is 0.0548. The van der Waals surface area contributed by atoms with Crippen LogP contribution in [0.2, 0.25) is 0 Å². The molecule has 33 heavy (non-hydrogen) atoms. The summed E-state index contributed by atoms with van der Waals surface area (Å²) in [5, 5.41) is 4.37. The van der Waals surface area contributed by atoms with Crippen molar-refractivity contribution in [2.45, 2.75) is 58.4 Å². The maximum Gasteiger partial charge on any atom is 0.246 e. The van der Waals surface area contributed by atoms with Crippen molar-refractivity contribution in [3.05, 3.63) is 42.6 Å². The molecule has 174 valence electrons. The van der Waals surface area contributed by atoms with E-state index in [-0.39, 0.29) is 28.6 Å². The average molecular weight is 446 g/mol. The van der Waals surface area contributed by atoms with Gasteiger partial charge in [-0.25, -0.2) is 0 Å². The quantitative estimate of drug-likeness (QED) is 0.653. The number of likely N-dealkylation sites (N-methyl/N-ethyl adjacent to an activating group) is 1. The molecule has 2 heterocycles. The van der Waals surface area contributed by atoms with Gasteiger partial charge in [0, 0.05) is 47.2 Å². The summed E-state index contributed by atoms with van der Waals surface area (Å²) < 4.78 is 0. The van der Waals surface area contributed by atoms with Crippen LogP contribution in [0, 0.1) is 34.5 Å². The van der Waals surface area contributed by atoms with Crippen molar-refractivity contribution in [2.24, 2.45) is 34.5 Å². The smallest absolute Gasteiger partial charge is 0.246 e. The van der Waals surface area contributed by atoms with Gasteiger partial charge in [-0.15, -0.1) is 0 Å². The first kappa shape index (κ1) is 21.0. The number of hydrogen-bond donors (Lipinski definition) is 2. The third kappa shape index (κ3) is 2.97. The van der Waals surface area contributed by atoms with E-state index in [0.29, 0.717) is 23.8 Å². The van der Waals surface area contributed by atoms with Gasteiger partial charge in [-0.1, -0.05) is 19.9 Å². The second-order valence-corrected chi connectivity index (χ2v) is 11.6. The molecular formula is C28H35N3O2. The summed E-state index contributed by atoms with van der Waals surface area (Å²) in [4.78, 5) is 31.0. The highest BCUT2D eigenvalue weighted by molar-refractivity contribution is 5.95. The molecule has 3 fully saturated rings. The van der Waals surface area contributed by atoms with E-state index in [2.05, 4.69) is 36.3 Å². The zero-order valence-electron chi connectivity index (χ0n) is 19.9. The summed E-state index contributed by atoms with van der Waals surface area (Å²) in [6.07, 6.45) is 12.6. The Morgan fingerprint density at radius 1 is 1.09 bits per heavy atom. The first-order chi connectivity index (χ1) is 15.8. The highest BCUT2D eigenvalue weighted by Gasteiger charge is 2.61. The van der Waals surface area contributed by atoms with E-state index in [0.717, 1.165) is 48.7 Å². The van der Waals surface area contributed by atoms with Crippen LogP contribution in [0.1, 0.15) is 52.4 Å². The van der Waals surface area contributed by atoms with Gasteiger partial charge >= 0.3 is 0 Å². The van der Waals surface area contributed by atoms with E-state index in [1.54, 1.807) is 6.08 Å². The lowest BCUT2D eigenvalue weighted by molar-refractivity contribution is -0.141. The highest BCUT2D eigenvalue weighted by atomic mass is 16.2. The van der Waals surface area contributed by atoms with E-state index >= 15 is 0 Å². The monoisotopic (exact) mass is 445 g/mol. The Morgan fingerprint density at radius 3 is 2.79 bits per heavy atom. The van der Waals surface area contributed by atoms with E-state index in [9.17, 15) is 9.59 Å². The predicted molar refractivity (Wildman–Crippen MR) is 131 cm³/mol. The van der Waals surface area contributed by atoms with E-state index in [1.807, 2.05) is 36.3 Å². The molecule has 5 nitrogen and oxygen atoms in total. The van der Waals surface area contributed by atoms with Gasteiger partial charge in [-0.2, -0.15) is 0 Å². The molecule has 2 N–H and O–H groups in total. The molecule has 1 aliphatic heterocycles. The predicted octanol–water partition coefficient (Wildman–Crippen LogP) is 5.36. The summed E-state index contributed by atoms with van der Waals surface area (Å²) in [6, 6.07) is 8.45. The van der Waals surface area contributed by atoms with Crippen LogP contribution in [-0.2, 0) is 9.59 Å². The molecule has 0 saturated heterocycles. The first-order valence-corrected chi connectivity index (χ1v) is 12.7. The number of benzene rings is 1. The molecule has 0 bridgehead atoms. The number of nitrogens with zero attached hydrogens (tertiary/aromatic N) is 1. The molecule has 2 aromatic rings. The minimum atomic E-state index is 0.0548. The number of aromatic nitrogens is 1. The maximum absolute atomic E-state index is 13.5. The molecule has 2 amide bonds. The molecule has 0 radical (unpaired) electrons. The van der Waals surface area contributed by atoms with Gasteiger partial charge in [0.1, 0.15) is 0 Å². The SMILES string of the molecule is CN1C(=O)C=C[C@@]2(C)C1CC[C@@H]1[C@H]2CC[C@]2(C)C(C(=O)Nc3ccc4[nH]ccc4c3)CC[C@@H]12. The number of fused-ring (bicyclic) bond motifs is 6. The fourth-order valence-electron chi connectivity index (χ4n) is 8.53. The van der Waals surface area contributed by atoms with Crippen LogP contribution in [0.25, 0.3) is 10.9 Å². The Morgan fingerprint density at radius 2 is 1.94 bits per heavy atom. The lowest BCUT2D eigenvalue weighted by Gasteiger charge is -2.60. The Kier molecular flexibility index (Phi) is 4.59. The zero-order valence-corrected chi connectivity index (χ0v) is 19.9. The van der Waals surface area contributed by atoms with Crippen LogP contribution >= 0.6 is 0 Å². The van der Waals surface area contributed by atoms with Crippen molar-refractivity contribution in [2.75, 3.05) is 12.4 Å². The van der Waals surface area contributed by atoms with Crippen LogP contribution in [0.15, 0.2) is 42.6 Å². The van der Waals surface area contributed by atoms with Gasteiger partial charge in [0.05, 0.1) is 0 Å². The Hall–Kier alpha value is -2.56. The molecule has 1 aromatic heterocycles. The Labute approximate surface area is 196 Å². The highest BCUT2D eigenvalue weighted by Crippen LogP contribution is 2.65. The van der Waals surface area contributed by atoms with Crippen LogP contribution in [0.5, 0.6) is 0 Å². The number of hydrogen-bond acceptors (Lipinski definition) is 2. The van der Waals surface area contributed by atoms with Crippen molar-refractivity contribution >= 4 is 28.4 Å². The van der Waals surface area contributed by atoms with Gasteiger partial charge in [-0.05, 0) is 92.0 Å². The number of carbonyl (C=O) groups excluding carboxylic acids is 2. The standard InChI is InChI=1S/C28H35N3O2/c1-27-13-10-21-19(5-9-24-28(21,2)14-11-25(32)31(24)3)20(27)6-7-22(27)26(33)30-18-4-8-23-17(16-18)12-15-29-23/h4,8,11-12,14-16,19-22,24,29H,5-7,9-10,13H2,1-3H3,(H,30,33)/t19-,20-,21+,22?,24?,27-,28+/m0/s1. The lowest BCUT2D eigenvalue weighted by atomic mass is 9.47. The van der Waals surface area contributed by atoms with E-state index < -0.39 is 0 Å². The van der Waals surface area contributed by atoms with Crippen LogP contribution in [-0.4, -0.2) is 34.8 Å². The summed E-state index contributed by atoms with van der Waals surface area (Å²) in [5.74, 6) is 2.24. The summed E-state index contributed by atoms with van der Waals surface area (Å²) >= 11 is 0. The number of aromatic amines is 1. The molecule has 3 aliphatic carbocycles. The van der Waals surface area contributed by atoms with Gasteiger partial charge < -0.3 is 15.2 Å². The molecule has 4 aliphatic rings. The number of H-pyrrole nitrogens is 1. The maximum atomic E-state index is 13.5. The van der Waals surface area contributed by atoms with Gasteiger partial charge in [0.15, 0.2) is 0 Å². The average Bonchev–Trinajstić information content (AvgIpc) is 3.40. The molecule has 3 saturated carbocycles. The number of amides is 2. The molecule has 5 heteroatoms. The topological polar surface area (TPSA) is 65.2 Å². The minimum Gasteiger partial charge on any atom is -0.361 e. The molecule has 6 rings (SSSR count). The third-order valence-corrected chi connectivity index (χ3v) is 10.3. The van der Waals surface area contributed by atoms with E-state index in [1.165, 1.54) is 6.42 Å². The van der Waals surface area contributed by atoms with Crippen LogP contribution in [0.3, 0.4) is 0 Å². The van der Waals surface area contributed by atoms with Gasteiger partial charge in [0.2, 0.25) is 11.8 Å². The largest absolute Gasteiger partial charge is 0.361 e. The van der Waals surface area contributed by atoms with E-state index in [4.69, 9.17) is 0 Å². The zero-order chi connectivity index (χ0) is 23.0. The van der Waals surface area contributed by atoms with Crippen molar-refractivity contribution in [1.29, 1.82) is 0 Å². The number of carbonyl (C=O) groups is 2. The van der Waals surface area contributed by atoms with Gasteiger partial charge in [0.25, 0.3) is 0 Å². The summed E-state index contributed by atoms with van der Waals surface area (Å²) in [7, 11) is 1.97. The van der Waals surface area contributed by atoms with Crippen molar-refractivity contribution in [3.63, 3.8) is 0 Å². The second-order valence-electron chi connectivity index (χ2n) is 11.6. The summed E-state index contributed by atoms with van der Waals surface area (Å²) in [5.41, 5.74) is 2.10. The van der Waals surface area contributed by atoms with Crippen LogP contribution in [0.4, 0.5) is 5.69 Å². The number of anilines is 1. The van der Waals surface area contributed by atoms with Gasteiger partial charge in [-0.3, -0.25) is 9.59 Å². The second kappa shape index (κ2) is 7.22. The molecular weight excluding hydrogens is 410 g/mol. The fourth-order valence-corrected chi connectivity index (χ4v) is 8.53. The number of rotatable bonds is 2. The summed E-state index contributed by atoms with van der Waals surface area (Å²) in [6.45, 7) is 4.77. The van der Waals surface area contributed by atoms with Crippen molar-refractivity contribution < 1.29 is 9.59 Å². The lowest BCUT2D eigenvalue weighted by Crippen LogP contribution is -2.59.